The van der Waals surface area contributed by atoms with Crippen molar-refractivity contribution in [2.45, 2.75) is 13.8 Å². The second-order valence-corrected chi connectivity index (χ2v) is 5.68. The molecule has 2 aliphatic rings. The summed E-state index contributed by atoms with van der Waals surface area (Å²) in [6, 6.07) is 5.11. The molecule has 0 bridgehead atoms. The number of piperidine rings is 1. The number of hydrogen-bond acceptors (Lipinski definition) is 4. The summed E-state index contributed by atoms with van der Waals surface area (Å²) in [5, 5.41) is 0. The van der Waals surface area contributed by atoms with Crippen LogP contribution in [0.2, 0.25) is 0 Å². The van der Waals surface area contributed by atoms with E-state index in [1.54, 1.807) is 18.2 Å². The summed E-state index contributed by atoms with van der Waals surface area (Å²) in [7, 11) is 0. The third-order valence-electron chi connectivity index (χ3n) is 4.08. The Morgan fingerprint density at radius 1 is 1.30 bits per heavy atom. The predicted molar refractivity (Wildman–Crippen MR) is 73.4 cm³/mol. The van der Waals surface area contributed by atoms with E-state index in [9.17, 15) is 9.59 Å². The van der Waals surface area contributed by atoms with E-state index in [2.05, 4.69) is 16.8 Å². The van der Waals surface area contributed by atoms with Crippen LogP contribution in [-0.2, 0) is 9.59 Å². The topological polar surface area (TPSA) is 76.3 Å². The van der Waals surface area contributed by atoms with E-state index in [4.69, 9.17) is 5.73 Å². The molecular weight excluding hydrogens is 254 g/mol. The van der Waals surface area contributed by atoms with Crippen molar-refractivity contribution in [1.82, 2.24) is 4.98 Å². The van der Waals surface area contributed by atoms with Gasteiger partial charge in [-0.05, 0) is 23.5 Å². The van der Waals surface area contributed by atoms with Gasteiger partial charge < -0.3 is 5.73 Å². The van der Waals surface area contributed by atoms with Gasteiger partial charge in [-0.25, -0.2) is 9.88 Å². The van der Waals surface area contributed by atoms with Gasteiger partial charge in [0.1, 0.15) is 11.5 Å². The van der Waals surface area contributed by atoms with Crippen molar-refractivity contribution in [2.75, 3.05) is 11.4 Å². The monoisotopic (exact) mass is 269 g/mol. The zero-order valence-corrected chi connectivity index (χ0v) is 11.4. The minimum absolute atomic E-state index is 0.151. The van der Waals surface area contributed by atoms with Gasteiger partial charge in [-0.1, -0.05) is 25.8 Å². The number of nitrogens with two attached hydrogens (primary N) is 1. The van der Waals surface area contributed by atoms with Gasteiger partial charge in [0.15, 0.2) is 0 Å². The van der Waals surface area contributed by atoms with Gasteiger partial charge in [0.05, 0.1) is 18.4 Å². The number of imide groups is 1. The van der Waals surface area contributed by atoms with Gasteiger partial charge in [-0.2, -0.15) is 0 Å². The van der Waals surface area contributed by atoms with Gasteiger partial charge >= 0.3 is 0 Å². The number of amides is 2. The number of carbonyl (C=O) groups is 2. The average molecular weight is 269 g/mol. The van der Waals surface area contributed by atoms with Gasteiger partial charge in [-0.15, -0.1) is 0 Å². The fourth-order valence-electron chi connectivity index (χ4n) is 2.93. The molecule has 1 saturated carbocycles. The molecule has 2 unspecified atom stereocenters. The molecule has 20 heavy (non-hydrogen) atoms. The number of hydrogen-bond donors (Lipinski definition) is 1. The highest BCUT2D eigenvalue weighted by Gasteiger charge is 2.72. The fraction of sp³-hybridized carbons (Fsp3) is 0.400. The Bertz CT molecular complexity index is 645. The normalized spacial score (nSPS) is 26.1. The van der Waals surface area contributed by atoms with Crippen molar-refractivity contribution < 1.29 is 9.59 Å². The molecule has 0 aromatic carbocycles. The Kier molecular flexibility index (Phi) is 2.66. The van der Waals surface area contributed by atoms with Crippen LogP contribution < -0.4 is 10.6 Å². The average Bonchev–Trinajstić information content (AvgIpc) is 2.87. The van der Waals surface area contributed by atoms with E-state index in [-0.39, 0.29) is 35.6 Å². The summed E-state index contributed by atoms with van der Waals surface area (Å²) in [4.78, 5) is 30.1. The lowest BCUT2D eigenvalue weighted by Gasteiger charge is -2.19. The minimum atomic E-state index is -0.207. The first-order valence-electron chi connectivity index (χ1n) is 6.52. The van der Waals surface area contributed by atoms with Crippen LogP contribution in [-0.4, -0.2) is 23.3 Å². The zero-order valence-electron chi connectivity index (χ0n) is 11.4. The first-order chi connectivity index (χ1) is 9.48. The maximum atomic E-state index is 12.3. The smallest absolute Gasteiger partial charge is 0.239 e. The highest BCUT2D eigenvalue weighted by Crippen LogP contribution is 2.63. The second kappa shape index (κ2) is 4.15. The Labute approximate surface area is 117 Å². The van der Waals surface area contributed by atoms with Crippen molar-refractivity contribution in [3.05, 3.63) is 23.9 Å². The Balaban J connectivity index is 1.92. The molecule has 2 fully saturated rings. The molecule has 5 nitrogen and oxygen atoms in total. The third kappa shape index (κ3) is 1.65. The van der Waals surface area contributed by atoms with E-state index in [1.165, 1.54) is 4.90 Å². The molecular formula is C15H15N3O2. The van der Waals surface area contributed by atoms with Crippen LogP contribution in [0, 0.1) is 29.1 Å². The number of rotatable bonds is 1. The maximum absolute atomic E-state index is 12.3. The van der Waals surface area contributed by atoms with E-state index in [0.717, 1.165) is 0 Å². The van der Waals surface area contributed by atoms with Crippen LogP contribution in [0.25, 0.3) is 0 Å². The molecule has 2 heterocycles. The Morgan fingerprint density at radius 3 is 2.55 bits per heavy atom. The van der Waals surface area contributed by atoms with Gasteiger partial charge in [0, 0.05) is 0 Å². The van der Waals surface area contributed by atoms with Crippen LogP contribution in [0.3, 0.4) is 0 Å². The molecule has 2 N–H and O–H groups in total. The van der Waals surface area contributed by atoms with E-state index in [1.807, 2.05) is 13.8 Å². The Morgan fingerprint density at radius 2 is 1.95 bits per heavy atom. The van der Waals surface area contributed by atoms with E-state index in [0.29, 0.717) is 11.5 Å². The van der Waals surface area contributed by atoms with Crippen LogP contribution >= 0.6 is 0 Å². The maximum Gasteiger partial charge on any atom is 0.239 e. The molecule has 5 heteroatoms. The standard InChI is InChI=1S/C15H15N3O2/c1-15(2)11-12(15)14(20)18(13(11)19)10-7-3-5-9(17-10)6-4-8-16/h3,5,7,11-12H,8,16H2,1-2H3. The number of aromatic nitrogens is 1. The van der Waals surface area contributed by atoms with Crippen molar-refractivity contribution in [1.29, 1.82) is 0 Å². The van der Waals surface area contributed by atoms with Crippen LogP contribution in [0.4, 0.5) is 5.82 Å². The molecule has 3 rings (SSSR count). The second-order valence-electron chi connectivity index (χ2n) is 5.68. The number of nitrogens with zero attached hydrogens (tertiary/aromatic N) is 2. The van der Waals surface area contributed by atoms with Crippen molar-refractivity contribution >= 4 is 17.6 Å². The third-order valence-corrected chi connectivity index (χ3v) is 4.08. The fourth-order valence-corrected chi connectivity index (χ4v) is 2.93. The highest BCUT2D eigenvalue weighted by atomic mass is 16.2. The number of fused-ring (bicyclic) bond motifs is 1. The van der Waals surface area contributed by atoms with Gasteiger partial charge in [-0.3, -0.25) is 9.59 Å². The van der Waals surface area contributed by atoms with Crippen LogP contribution in [0.15, 0.2) is 18.2 Å². The highest BCUT2D eigenvalue weighted by molar-refractivity contribution is 6.25. The zero-order chi connectivity index (χ0) is 14.5. The van der Waals surface area contributed by atoms with Crippen LogP contribution in [0.5, 0.6) is 0 Å². The molecule has 1 aromatic rings. The lowest BCUT2D eigenvalue weighted by atomic mass is 10.1. The molecule has 102 valence electrons. The van der Waals surface area contributed by atoms with Crippen molar-refractivity contribution in [3.63, 3.8) is 0 Å². The molecule has 1 aliphatic heterocycles. The molecule has 2 amide bonds. The number of anilines is 1. The Hall–Kier alpha value is -2.19. The summed E-state index contributed by atoms with van der Waals surface area (Å²) in [5.74, 6) is 5.16. The first kappa shape index (κ1) is 12.8. The van der Waals surface area contributed by atoms with E-state index < -0.39 is 0 Å². The quantitative estimate of drug-likeness (QED) is 0.596. The molecule has 2 atom stereocenters. The summed E-state index contributed by atoms with van der Waals surface area (Å²) in [6.45, 7) is 4.14. The van der Waals surface area contributed by atoms with Crippen LogP contribution in [0.1, 0.15) is 19.5 Å². The molecule has 0 radical (unpaired) electrons. The summed E-state index contributed by atoms with van der Waals surface area (Å²) in [5.41, 5.74) is 5.62. The number of pyridine rings is 1. The number of carbonyl (C=O) groups excluding carboxylic acids is 2. The summed E-state index contributed by atoms with van der Waals surface area (Å²) in [6.07, 6.45) is 0. The molecule has 1 aliphatic carbocycles. The van der Waals surface area contributed by atoms with E-state index >= 15 is 0 Å². The summed E-state index contributed by atoms with van der Waals surface area (Å²) >= 11 is 0. The van der Waals surface area contributed by atoms with Gasteiger partial charge in [0.2, 0.25) is 11.8 Å². The molecule has 0 spiro atoms. The lowest BCUT2D eigenvalue weighted by molar-refractivity contribution is -0.125. The largest absolute Gasteiger partial charge is 0.320 e. The van der Waals surface area contributed by atoms with Crippen molar-refractivity contribution in [2.24, 2.45) is 23.0 Å². The SMILES string of the molecule is CC1(C)C2C(=O)N(c3cccc(C#CCN)n3)C(=O)C21. The first-order valence-corrected chi connectivity index (χ1v) is 6.52. The summed E-state index contributed by atoms with van der Waals surface area (Å²) < 4.78 is 0. The van der Waals surface area contributed by atoms with Crippen molar-refractivity contribution in [3.8, 4) is 11.8 Å². The molecule has 1 saturated heterocycles. The minimum Gasteiger partial charge on any atom is -0.320 e. The lowest BCUT2D eigenvalue weighted by Crippen LogP contribution is -2.36. The van der Waals surface area contributed by atoms with Gasteiger partial charge in [0.25, 0.3) is 0 Å². The molecule has 1 aromatic heterocycles. The predicted octanol–water partition coefficient (Wildman–Crippen LogP) is 0.537.